The lowest BCUT2D eigenvalue weighted by Crippen LogP contribution is -2.39. The van der Waals surface area contributed by atoms with Gasteiger partial charge in [-0.2, -0.15) is 13.2 Å². The predicted octanol–water partition coefficient (Wildman–Crippen LogP) is 4.17. The number of hydrogen-bond donors (Lipinski definition) is 1. The topological polar surface area (TPSA) is 118 Å². The number of benzene rings is 2. The predicted molar refractivity (Wildman–Crippen MR) is 141 cm³/mol. The molecule has 1 aliphatic heterocycles. The zero-order valence-electron chi connectivity index (χ0n) is 22.0. The van der Waals surface area contributed by atoms with E-state index in [4.69, 9.17) is 0 Å². The third-order valence-electron chi connectivity index (χ3n) is 7.00. The number of rotatable bonds is 9. The lowest BCUT2D eigenvalue weighted by molar-refractivity contribution is -0.188. The van der Waals surface area contributed by atoms with Crippen LogP contribution in [0, 0.1) is 0 Å². The van der Waals surface area contributed by atoms with Crippen LogP contribution >= 0.6 is 0 Å². The molecule has 2 aromatic carbocycles. The molecule has 13 heteroatoms. The molecule has 0 saturated heterocycles. The van der Waals surface area contributed by atoms with Crippen LogP contribution in [0.4, 0.5) is 18.9 Å². The molecule has 8 nitrogen and oxygen atoms in total. The van der Waals surface area contributed by atoms with Crippen molar-refractivity contribution in [3.05, 3.63) is 59.2 Å². The minimum Gasteiger partial charge on any atom is -0.324 e. The van der Waals surface area contributed by atoms with Gasteiger partial charge in [0.15, 0.2) is 9.84 Å². The van der Waals surface area contributed by atoms with Crippen molar-refractivity contribution in [1.29, 1.82) is 0 Å². The van der Waals surface area contributed by atoms with Gasteiger partial charge in [0, 0.05) is 37.4 Å². The molecule has 1 heterocycles. The summed E-state index contributed by atoms with van der Waals surface area (Å²) in [7, 11) is -6.78. The Hall–Kier alpha value is -2.93. The normalized spacial score (nSPS) is 17.4. The number of fused-ring (bicyclic) bond motifs is 1. The third-order valence-corrected chi connectivity index (χ3v) is 9.14. The van der Waals surface area contributed by atoms with Crippen LogP contribution in [0.25, 0.3) is 0 Å². The van der Waals surface area contributed by atoms with Crippen molar-refractivity contribution in [2.45, 2.75) is 62.2 Å². The third kappa shape index (κ3) is 6.99. The maximum atomic E-state index is 14.1. The highest BCUT2D eigenvalue weighted by Crippen LogP contribution is 2.45. The smallest absolute Gasteiger partial charge is 0.324 e. The average Bonchev–Trinajstić information content (AvgIpc) is 3.20. The molecular formula is C26H31F3N2O6S2. The van der Waals surface area contributed by atoms with Crippen LogP contribution in [0.2, 0.25) is 0 Å². The lowest BCUT2D eigenvalue weighted by atomic mass is 9.77. The molecule has 1 aliphatic rings. The number of hydrogen-bond acceptors (Lipinski definition) is 6. The number of anilines is 1. The largest absolute Gasteiger partial charge is 0.398 e. The van der Waals surface area contributed by atoms with Gasteiger partial charge in [0.2, 0.25) is 5.91 Å². The van der Waals surface area contributed by atoms with E-state index in [1.54, 1.807) is 0 Å². The number of carbonyl (C=O) groups excluding carboxylic acids is 2. The molecule has 1 N–H and O–H groups in total. The van der Waals surface area contributed by atoms with E-state index >= 15 is 0 Å². The molecular weight excluding hydrogens is 557 g/mol. The van der Waals surface area contributed by atoms with E-state index in [9.17, 15) is 39.6 Å². The zero-order valence-corrected chi connectivity index (χ0v) is 23.6. The van der Waals surface area contributed by atoms with E-state index in [0.29, 0.717) is 11.1 Å². The second kappa shape index (κ2) is 10.9. The van der Waals surface area contributed by atoms with Gasteiger partial charge in [-0.25, -0.2) is 16.8 Å². The van der Waals surface area contributed by atoms with Crippen molar-refractivity contribution in [3.63, 3.8) is 0 Å². The summed E-state index contributed by atoms with van der Waals surface area (Å²) in [6.07, 6.45) is -2.64. The summed E-state index contributed by atoms with van der Waals surface area (Å²) in [6.45, 7) is 2.38. The fourth-order valence-corrected chi connectivity index (χ4v) is 6.06. The molecule has 2 atom stereocenters. The first kappa shape index (κ1) is 30.6. The summed E-state index contributed by atoms with van der Waals surface area (Å²) >= 11 is 0. The average molecular weight is 589 g/mol. The standard InChI is InChI=1S/C26H31F3N2O6S2/c1-17(32)31-16-18-15-21(39(4,36)37)11-12-22(18)23(31)24(33)30-20-9-7-19(8-10-20)25(2,26(27,28)29)13-5-6-14-38(3,34)35/h7-12,15,23H,5-6,13-14,16H2,1-4H3,(H,30,33). The molecule has 0 radical (unpaired) electrons. The minimum atomic E-state index is -4.59. The van der Waals surface area contributed by atoms with Crippen molar-refractivity contribution in [3.8, 4) is 0 Å². The van der Waals surface area contributed by atoms with Gasteiger partial charge < -0.3 is 10.2 Å². The Bertz CT molecular complexity index is 1470. The number of sulfone groups is 2. The Kier molecular flexibility index (Phi) is 8.57. The molecule has 214 valence electrons. The van der Waals surface area contributed by atoms with Gasteiger partial charge in [0.25, 0.3) is 5.91 Å². The maximum absolute atomic E-state index is 14.1. The van der Waals surface area contributed by atoms with Gasteiger partial charge in [0.05, 0.1) is 10.3 Å². The first-order valence-corrected chi connectivity index (χ1v) is 16.0. The van der Waals surface area contributed by atoms with E-state index in [0.717, 1.165) is 19.4 Å². The highest BCUT2D eigenvalue weighted by atomic mass is 32.2. The molecule has 2 unspecified atom stereocenters. The number of nitrogens with zero attached hydrogens (tertiary/aromatic N) is 1. The fraction of sp³-hybridized carbons (Fsp3) is 0.462. The van der Waals surface area contributed by atoms with E-state index in [1.807, 2.05) is 0 Å². The summed E-state index contributed by atoms with van der Waals surface area (Å²) in [5.41, 5.74) is -1.06. The SMILES string of the molecule is CC(=O)N1Cc2cc(S(C)(=O)=O)ccc2C1C(=O)Nc1ccc(C(C)(CCCCS(C)(=O)=O)C(F)(F)F)cc1. The lowest BCUT2D eigenvalue weighted by Gasteiger charge is -2.33. The van der Waals surface area contributed by atoms with Crippen LogP contribution in [0.15, 0.2) is 47.4 Å². The first-order valence-electron chi connectivity index (χ1n) is 12.1. The monoisotopic (exact) mass is 588 g/mol. The van der Waals surface area contributed by atoms with Crippen LogP contribution in [0.1, 0.15) is 55.8 Å². The number of unbranched alkanes of at least 4 members (excludes halogenated alkanes) is 1. The van der Waals surface area contributed by atoms with E-state index in [1.165, 1.54) is 54.3 Å². The Balaban J connectivity index is 1.82. The molecule has 0 bridgehead atoms. The molecule has 3 rings (SSSR count). The van der Waals surface area contributed by atoms with Crippen LogP contribution in [0.5, 0.6) is 0 Å². The first-order chi connectivity index (χ1) is 17.8. The molecule has 0 spiro atoms. The quantitative estimate of drug-likeness (QED) is 0.440. The van der Waals surface area contributed by atoms with Gasteiger partial charge in [0.1, 0.15) is 15.9 Å². The van der Waals surface area contributed by atoms with Gasteiger partial charge in [-0.3, -0.25) is 9.59 Å². The summed E-state index contributed by atoms with van der Waals surface area (Å²) in [6, 6.07) is 8.45. The van der Waals surface area contributed by atoms with Gasteiger partial charge in [-0.1, -0.05) is 24.6 Å². The Morgan fingerprint density at radius 1 is 1.00 bits per heavy atom. The van der Waals surface area contributed by atoms with Crippen molar-refractivity contribution >= 4 is 37.2 Å². The summed E-state index contributed by atoms with van der Waals surface area (Å²) < 4.78 is 88.7. The van der Waals surface area contributed by atoms with Crippen molar-refractivity contribution < 1.29 is 39.6 Å². The number of amides is 2. The van der Waals surface area contributed by atoms with E-state index in [2.05, 4.69) is 5.32 Å². The van der Waals surface area contributed by atoms with Gasteiger partial charge >= 0.3 is 6.18 Å². The minimum absolute atomic E-state index is 0.0303. The summed E-state index contributed by atoms with van der Waals surface area (Å²) in [5.74, 6) is -1.19. The summed E-state index contributed by atoms with van der Waals surface area (Å²) in [4.78, 5) is 26.8. The Morgan fingerprint density at radius 3 is 2.13 bits per heavy atom. The molecule has 0 fully saturated rings. The fourth-order valence-electron chi connectivity index (χ4n) is 4.66. The zero-order chi connectivity index (χ0) is 29.4. The second-order valence-corrected chi connectivity index (χ2v) is 14.4. The highest BCUT2D eigenvalue weighted by molar-refractivity contribution is 7.91. The molecule has 39 heavy (non-hydrogen) atoms. The summed E-state index contributed by atoms with van der Waals surface area (Å²) in [5, 5.41) is 2.64. The molecule has 2 amide bonds. The number of halogens is 3. The molecule has 2 aromatic rings. The van der Waals surface area contributed by atoms with E-state index in [-0.39, 0.29) is 47.7 Å². The van der Waals surface area contributed by atoms with Crippen LogP contribution in [-0.4, -0.2) is 58.0 Å². The van der Waals surface area contributed by atoms with Crippen molar-refractivity contribution in [2.75, 3.05) is 23.6 Å². The van der Waals surface area contributed by atoms with Crippen LogP contribution in [-0.2, 0) is 41.2 Å². The molecule has 0 aromatic heterocycles. The molecule has 0 saturated carbocycles. The van der Waals surface area contributed by atoms with Crippen LogP contribution in [0.3, 0.4) is 0 Å². The Labute approximate surface area is 226 Å². The second-order valence-electron chi connectivity index (χ2n) is 10.2. The van der Waals surface area contributed by atoms with Crippen LogP contribution < -0.4 is 5.32 Å². The molecule has 0 aliphatic carbocycles. The van der Waals surface area contributed by atoms with Gasteiger partial charge in [-0.05, 0) is 60.7 Å². The number of alkyl halides is 3. The van der Waals surface area contributed by atoms with Crippen molar-refractivity contribution in [2.24, 2.45) is 0 Å². The van der Waals surface area contributed by atoms with Gasteiger partial charge in [-0.15, -0.1) is 0 Å². The Morgan fingerprint density at radius 2 is 1.62 bits per heavy atom. The maximum Gasteiger partial charge on any atom is 0.398 e. The van der Waals surface area contributed by atoms with Crippen molar-refractivity contribution in [1.82, 2.24) is 4.90 Å². The van der Waals surface area contributed by atoms with E-state index < -0.39 is 49.1 Å². The highest BCUT2D eigenvalue weighted by Gasteiger charge is 2.51. The number of carbonyl (C=O) groups is 2. The number of nitrogens with one attached hydrogen (secondary N) is 1.